The van der Waals surface area contributed by atoms with E-state index >= 15 is 0 Å². The Bertz CT molecular complexity index is 532. The van der Waals surface area contributed by atoms with Crippen molar-refractivity contribution < 1.29 is 0 Å². The van der Waals surface area contributed by atoms with Gasteiger partial charge in [0.1, 0.15) is 11.6 Å². The van der Waals surface area contributed by atoms with Gasteiger partial charge in [0.25, 0.3) is 0 Å². The smallest absolute Gasteiger partial charge is 0.137 e. The van der Waals surface area contributed by atoms with E-state index in [0.717, 1.165) is 28.3 Å². The maximum Gasteiger partial charge on any atom is 0.137 e. The molecule has 0 radical (unpaired) electrons. The van der Waals surface area contributed by atoms with Crippen LogP contribution in [0.15, 0.2) is 43.1 Å². The number of benzene rings is 1. The molecule has 17 heavy (non-hydrogen) atoms. The fourth-order valence-electron chi connectivity index (χ4n) is 1.68. The molecule has 0 saturated carbocycles. The molecule has 86 valence electrons. The Balaban J connectivity index is 2.44. The van der Waals surface area contributed by atoms with E-state index in [4.69, 9.17) is 0 Å². The molecule has 0 unspecified atom stereocenters. The molecule has 1 heterocycles. The average molecular weight is 225 g/mol. The number of nitrogens with zero attached hydrogens (tertiary/aromatic N) is 2. The highest BCUT2D eigenvalue weighted by Gasteiger charge is 2.09. The summed E-state index contributed by atoms with van der Waals surface area (Å²) in [6.45, 7) is 5.98. The van der Waals surface area contributed by atoms with Gasteiger partial charge in [-0.1, -0.05) is 36.9 Å². The lowest BCUT2D eigenvalue weighted by Crippen LogP contribution is -2.01. The minimum absolute atomic E-state index is 0.749. The molecular weight excluding hydrogens is 210 g/mol. The first kappa shape index (κ1) is 11.3. The molecule has 0 aliphatic heterocycles. The van der Waals surface area contributed by atoms with Crippen LogP contribution in [-0.2, 0) is 0 Å². The molecule has 1 aromatic heterocycles. The van der Waals surface area contributed by atoms with Crippen molar-refractivity contribution in [2.24, 2.45) is 0 Å². The first-order valence-electron chi connectivity index (χ1n) is 5.48. The Hall–Kier alpha value is -2.16. The maximum atomic E-state index is 4.36. The lowest BCUT2D eigenvalue weighted by Gasteiger charge is -2.11. The van der Waals surface area contributed by atoms with E-state index in [-0.39, 0.29) is 0 Å². The topological polar surface area (TPSA) is 37.8 Å². The van der Waals surface area contributed by atoms with Crippen molar-refractivity contribution in [3.05, 3.63) is 60.1 Å². The minimum atomic E-state index is 0.749. The molecule has 0 saturated heterocycles. The van der Waals surface area contributed by atoms with E-state index in [1.165, 1.54) is 0 Å². The summed E-state index contributed by atoms with van der Waals surface area (Å²) in [5.41, 5.74) is 2.94. The Morgan fingerprint density at radius 3 is 2.59 bits per heavy atom. The third-order valence-corrected chi connectivity index (χ3v) is 2.59. The summed E-state index contributed by atoms with van der Waals surface area (Å²) in [7, 11) is 1.85. The van der Waals surface area contributed by atoms with Gasteiger partial charge in [0.05, 0.1) is 0 Å². The largest absolute Gasteiger partial charge is 0.373 e. The highest BCUT2D eigenvalue weighted by Crippen LogP contribution is 2.25. The molecule has 1 aromatic carbocycles. The van der Waals surface area contributed by atoms with Crippen LogP contribution in [-0.4, -0.2) is 17.0 Å². The molecule has 0 spiro atoms. The van der Waals surface area contributed by atoms with Crippen molar-refractivity contribution in [1.29, 1.82) is 0 Å². The zero-order valence-electron chi connectivity index (χ0n) is 10.1. The summed E-state index contributed by atoms with van der Waals surface area (Å²) < 4.78 is 0. The molecule has 1 N–H and O–H groups in total. The predicted octanol–water partition coefficient (Wildman–Crippen LogP) is 2.89. The fourth-order valence-corrected chi connectivity index (χ4v) is 1.68. The summed E-state index contributed by atoms with van der Waals surface area (Å²) in [5.74, 6) is 1.56. The van der Waals surface area contributed by atoms with Crippen LogP contribution in [0.25, 0.3) is 5.57 Å². The van der Waals surface area contributed by atoms with Crippen LogP contribution in [0.1, 0.15) is 17.0 Å². The van der Waals surface area contributed by atoms with Gasteiger partial charge in [-0.15, -0.1) is 0 Å². The molecule has 0 atom stereocenters. The van der Waals surface area contributed by atoms with Crippen LogP contribution in [0.2, 0.25) is 0 Å². The average Bonchev–Trinajstić information content (AvgIpc) is 2.39. The van der Waals surface area contributed by atoms with Gasteiger partial charge in [0, 0.05) is 18.8 Å². The van der Waals surface area contributed by atoms with Crippen LogP contribution in [0.4, 0.5) is 5.82 Å². The molecule has 0 bridgehead atoms. The van der Waals surface area contributed by atoms with E-state index in [1.807, 2.05) is 50.5 Å². The number of anilines is 1. The quantitative estimate of drug-likeness (QED) is 0.872. The third kappa shape index (κ3) is 2.33. The van der Waals surface area contributed by atoms with Gasteiger partial charge in [-0.2, -0.15) is 0 Å². The zero-order chi connectivity index (χ0) is 12.3. The second-order valence-electron chi connectivity index (χ2n) is 3.77. The van der Waals surface area contributed by atoms with Crippen LogP contribution >= 0.6 is 0 Å². The summed E-state index contributed by atoms with van der Waals surface area (Å²) in [6, 6.07) is 10.0. The summed E-state index contributed by atoms with van der Waals surface area (Å²) >= 11 is 0. The van der Waals surface area contributed by atoms with E-state index in [9.17, 15) is 0 Å². The lowest BCUT2D eigenvalue weighted by molar-refractivity contribution is 1.04. The molecule has 3 nitrogen and oxygen atoms in total. The second-order valence-corrected chi connectivity index (χ2v) is 3.77. The SMILES string of the molecule is C=C(c1ccccc1)c1cnc(C)nc1NC. The zero-order valence-corrected chi connectivity index (χ0v) is 10.1. The molecule has 0 aliphatic rings. The minimum Gasteiger partial charge on any atom is -0.373 e. The third-order valence-electron chi connectivity index (χ3n) is 2.59. The van der Waals surface area contributed by atoms with Gasteiger partial charge < -0.3 is 5.32 Å². The first-order valence-corrected chi connectivity index (χ1v) is 5.48. The van der Waals surface area contributed by atoms with Crippen LogP contribution in [0.3, 0.4) is 0 Å². The summed E-state index contributed by atoms with van der Waals surface area (Å²) in [5, 5.41) is 3.08. The van der Waals surface area contributed by atoms with Gasteiger partial charge in [0.2, 0.25) is 0 Å². The standard InChI is InChI=1S/C14H15N3/c1-10(12-7-5-4-6-8-12)13-9-16-11(2)17-14(13)15-3/h4-9H,1H2,2-3H3,(H,15,16,17). The number of rotatable bonds is 3. The summed E-state index contributed by atoms with van der Waals surface area (Å²) in [6.07, 6.45) is 1.81. The molecular formula is C14H15N3. The highest BCUT2D eigenvalue weighted by atomic mass is 15.0. The molecule has 0 fully saturated rings. The van der Waals surface area contributed by atoms with Crippen molar-refractivity contribution in [2.45, 2.75) is 6.92 Å². The number of aryl methyl sites for hydroxylation is 1. The van der Waals surface area contributed by atoms with Crippen LogP contribution < -0.4 is 5.32 Å². The van der Waals surface area contributed by atoms with Crippen molar-refractivity contribution in [3.8, 4) is 0 Å². The number of nitrogens with one attached hydrogen (secondary N) is 1. The Labute approximate surface area is 101 Å². The molecule has 0 amide bonds. The monoisotopic (exact) mass is 225 g/mol. The van der Waals surface area contributed by atoms with Crippen LogP contribution in [0.5, 0.6) is 0 Å². The van der Waals surface area contributed by atoms with Gasteiger partial charge in [-0.25, -0.2) is 9.97 Å². The highest BCUT2D eigenvalue weighted by molar-refractivity contribution is 5.82. The van der Waals surface area contributed by atoms with Crippen molar-refractivity contribution in [1.82, 2.24) is 9.97 Å². The van der Waals surface area contributed by atoms with Gasteiger partial charge in [0.15, 0.2) is 0 Å². The Morgan fingerprint density at radius 2 is 1.94 bits per heavy atom. The molecule has 2 aromatic rings. The number of aromatic nitrogens is 2. The lowest BCUT2D eigenvalue weighted by atomic mass is 10.0. The van der Waals surface area contributed by atoms with Gasteiger partial charge >= 0.3 is 0 Å². The van der Waals surface area contributed by atoms with E-state index < -0.39 is 0 Å². The Morgan fingerprint density at radius 1 is 1.24 bits per heavy atom. The van der Waals surface area contributed by atoms with Crippen LogP contribution in [0, 0.1) is 6.92 Å². The normalized spacial score (nSPS) is 10.0. The fraction of sp³-hybridized carbons (Fsp3) is 0.143. The van der Waals surface area contributed by atoms with Gasteiger partial charge in [-0.3, -0.25) is 0 Å². The van der Waals surface area contributed by atoms with Crippen molar-refractivity contribution in [2.75, 3.05) is 12.4 Å². The van der Waals surface area contributed by atoms with E-state index in [0.29, 0.717) is 0 Å². The van der Waals surface area contributed by atoms with Crippen molar-refractivity contribution >= 4 is 11.4 Å². The predicted molar refractivity (Wildman–Crippen MR) is 70.9 cm³/mol. The molecule has 0 aliphatic carbocycles. The molecule has 2 rings (SSSR count). The van der Waals surface area contributed by atoms with E-state index in [2.05, 4.69) is 21.9 Å². The van der Waals surface area contributed by atoms with Gasteiger partial charge in [-0.05, 0) is 18.1 Å². The first-order chi connectivity index (χ1) is 8.22. The second kappa shape index (κ2) is 4.78. The maximum absolute atomic E-state index is 4.36. The number of hydrogen-bond donors (Lipinski definition) is 1. The number of hydrogen-bond acceptors (Lipinski definition) is 3. The molecule has 3 heteroatoms. The summed E-state index contributed by atoms with van der Waals surface area (Å²) in [4.78, 5) is 8.58. The van der Waals surface area contributed by atoms with E-state index in [1.54, 1.807) is 0 Å². The van der Waals surface area contributed by atoms with Crippen molar-refractivity contribution in [3.63, 3.8) is 0 Å². The Kier molecular flexibility index (Phi) is 3.19.